The van der Waals surface area contributed by atoms with Gasteiger partial charge in [0, 0.05) is 18.3 Å². The Morgan fingerprint density at radius 3 is 2.35 bits per heavy atom. The van der Waals surface area contributed by atoms with Crippen LogP contribution in [0.4, 0.5) is 0 Å². The second kappa shape index (κ2) is 9.80. The van der Waals surface area contributed by atoms with Crippen molar-refractivity contribution in [2.45, 2.75) is 12.6 Å². The molecule has 0 saturated heterocycles. The summed E-state index contributed by atoms with van der Waals surface area (Å²) in [5.74, 6) is 1.65. The molecule has 1 N–H and O–H groups in total. The van der Waals surface area contributed by atoms with Crippen molar-refractivity contribution in [1.82, 2.24) is 10.3 Å². The summed E-state index contributed by atoms with van der Waals surface area (Å²) in [5, 5.41) is 3.60. The lowest BCUT2D eigenvalue weighted by molar-refractivity contribution is 0.396. The number of nitrogens with one attached hydrogen (secondary N) is 1. The quantitative estimate of drug-likeness (QED) is 0.669. The Morgan fingerprint density at radius 2 is 1.69 bits per heavy atom. The van der Waals surface area contributed by atoms with E-state index in [1.165, 1.54) is 5.56 Å². The van der Waals surface area contributed by atoms with Gasteiger partial charge in [0.25, 0.3) is 0 Å². The smallest absolute Gasteiger partial charge is 0.123 e. The number of rotatable bonds is 7. The first kappa shape index (κ1) is 19.8. The fourth-order valence-electron chi connectivity index (χ4n) is 2.82. The molecule has 0 saturated carbocycles. The molecule has 26 heavy (non-hydrogen) atoms. The normalized spacial score (nSPS) is 11.3. The number of benzene rings is 2. The van der Waals surface area contributed by atoms with Crippen LogP contribution in [-0.4, -0.2) is 19.2 Å². The zero-order chi connectivity index (χ0) is 17.5. The highest BCUT2D eigenvalue weighted by atomic mass is 35.5. The molecule has 1 heterocycles. The van der Waals surface area contributed by atoms with Gasteiger partial charge in [0.15, 0.2) is 0 Å². The Hall–Kier alpha value is -2.56. The molecule has 0 aliphatic carbocycles. The van der Waals surface area contributed by atoms with Crippen LogP contribution in [-0.2, 0) is 6.54 Å². The molecule has 0 aliphatic rings. The number of hydrogen-bond acceptors (Lipinski definition) is 4. The minimum Gasteiger partial charge on any atom is -0.497 e. The summed E-state index contributed by atoms with van der Waals surface area (Å²) < 4.78 is 10.8. The fourth-order valence-corrected chi connectivity index (χ4v) is 2.82. The lowest BCUT2D eigenvalue weighted by Gasteiger charge is -2.20. The average Bonchev–Trinajstić information content (AvgIpc) is 2.69. The predicted molar refractivity (Wildman–Crippen MR) is 106 cm³/mol. The third-order valence-corrected chi connectivity index (χ3v) is 4.10. The number of methoxy groups -OCH3 is 2. The molecule has 1 atom stereocenters. The maximum Gasteiger partial charge on any atom is 0.123 e. The van der Waals surface area contributed by atoms with Gasteiger partial charge in [0.05, 0.1) is 26.0 Å². The molecule has 4 nitrogen and oxygen atoms in total. The Kier molecular flexibility index (Phi) is 7.45. The summed E-state index contributed by atoms with van der Waals surface area (Å²) in [6, 6.07) is 22.1. The lowest BCUT2D eigenvalue weighted by atomic mass is 10.0. The molecule has 0 spiro atoms. The van der Waals surface area contributed by atoms with E-state index < -0.39 is 0 Å². The van der Waals surface area contributed by atoms with Gasteiger partial charge in [-0.05, 0) is 35.9 Å². The predicted octanol–water partition coefficient (Wildman–Crippen LogP) is 4.40. The lowest BCUT2D eigenvalue weighted by Crippen LogP contribution is -2.23. The van der Waals surface area contributed by atoms with Crippen LogP contribution in [0, 0.1) is 0 Å². The van der Waals surface area contributed by atoms with E-state index in [1.54, 1.807) is 14.2 Å². The first-order chi connectivity index (χ1) is 12.3. The molecule has 0 fully saturated rings. The van der Waals surface area contributed by atoms with Gasteiger partial charge in [0.1, 0.15) is 11.5 Å². The molecule has 1 aromatic heterocycles. The van der Waals surface area contributed by atoms with Gasteiger partial charge in [0.2, 0.25) is 0 Å². The van der Waals surface area contributed by atoms with Crippen molar-refractivity contribution in [1.29, 1.82) is 0 Å². The van der Waals surface area contributed by atoms with Gasteiger partial charge in [-0.15, -0.1) is 12.4 Å². The fraction of sp³-hybridized carbons (Fsp3) is 0.190. The van der Waals surface area contributed by atoms with Crippen LogP contribution >= 0.6 is 12.4 Å². The minimum atomic E-state index is -0.00157. The van der Waals surface area contributed by atoms with E-state index in [4.69, 9.17) is 9.47 Å². The van der Waals surface area contributed by atoms with Crippen LogP contribution in [0.2, 0.25) is 0 Å². The van der Waals surface area contributed by atoms with Gasteiger partial charge in [-0.3, -0.25) is 4.98 Å². The van der Waals surface area contributed by atoms with E-state index in [0.29, 0.717) is 6.54 Å². The summed E-state index contributed by atoms with van der Waals surface area (Å²) in [5.41, 5.74) is 3.19. The highest BCUT2D eigenvalue weighted by molar-refractivity contribution is 5.85. The molecular formula is C21H23ClN2O2. The topological polar surface area (TPSA) is 43.4 Å². The molecule has 0 bridgehead atoms. The highest BCUT2D eigenvalue weighted by Gasteiger charge is 2.15. The second-order valence-electron chi connectivity index (χ2n) is 5.66. The summed E-state index contributed by atoms with van der Waals surface area (Å²) in [6.07, 6.45) is 1.82. The Labute approximate surface area is 160 Å². The van der Waals surface area contributed by atoms with Crippen LogP contribution < -0.4 is 14.8 Å². The first-order valence-corrected chi connectivity index (χ1v) is 8.22. The number of nitrogens with zero attached hydrogens (tertiary/aromatic N) is 1. The van der Waals surface area contributed by atoms with Gasteiger partial charge < -0.3 is 14.8 Å². The van der Waals surface area contributed by atoms with Crippen molar-refractivity contribution in [3.05, 3.63) is 89.7 Å². The van der Waals surface area contributed by atoms with Crippen molar-refractivity contribution in [2.75, 3.05) is 14.2 Å². The van der Waals surface area contributed by atoms with Crippen molar-refractivity contribution in [3.63, 3.8) is 0 Å². The summed E-state index contributed by atoms with van der Waals surface area (Å²) in [6.45, 7) is 0.635. The maximum absolute atomic E-state index is 5.48. The minimum absolute atomic E-state index is 0. The van der Waals surface area contributed by atoms with Crippen LogP contribution in [0.5, 0.6) is 11.5 Å². The molecule has 2 aromatic carbocycles. The Bertz CT molecular complexity index is 758. The first-order valence-electron chi connectivity index (χ1n) is 8.22. The number of aromatic nitrogens is 1. The van der Waals surface area contributed by atoms with Gasteiger partial charge in [-0.1, -0.05) is 36.4 Å². The number of pyridine rings is 1. The molecule has 0 aliphatic heterocycles. The molecule has 136 valence electrons. The van der Waals surface area contributed by atoms with Crippen molar-refractivity contribution < 1.29 is 9.47 Å². The second-order valence-corrected chi connectivity index (χ2v) is 5.66. The molecule has 1 unspecified atom stereocenters. The van der Waals surface area contributed by atoms with Gasteiger partial charge in [-0.2, -0.15) is 0 Å². The SMILES string of the molecule is COc1ccc(OC)c(CNC(c2ccccc2)c2ccccn2)c1.Cl. The van der Waals surface area contributed by atoms with E-state index in [-0.39, 0.29) is 18.4 Å². The van der Waals surface area contributed by atoms with E-state index in [9.17, 15) is 0 Å². The van der Waals surface area contributed by atoms with Crippen molar-refractivity contribution in [3.8, 4) is 11.5 Å². The van der Waals surface area contributed by atoms with Crippen LogP contribution in [0.15, 0.2) is 72.9 Å². The van der Waals surface area contributed by atoms with Crippen LogP contribution in [0.25, 0.3) is 0 Å². The van der Waals surface area contributed by atoms with Gasteiger partial charge in [-0.25, -0.2) is 0 Å². The largest absolute Gasteiger partial charge is 0.497 e. The van der Waals surface area contributed by atoms with Crippen molar-refractivity contribution >= 4 is 12.4 Å². The monoisotopic (exact) mass is 370 g/mol. The standard InChI is InChI=1S/C21H22N2O2.ClH/c1-24-18-11-12-20(25-2)17(14-18)15-23-21(16-8-4-3-5-9-16)19-10-6-7-13-22-19;/h3-14,21,23H,15H2,1-2H3;1H. The molecular weight excluding hydrogens is 348 g/mol. The summed E-state index contributed by atoms with van der Waals surface area (Å²) in [4.78, 5) is 4.53. The van der Waals surface area contributed by atoms with Gasteiger partial charge >= 0.3 is 0 Å². The van der Waals surface area contributed by atoms with E-state index in [0.717, 1.165) is 22.8 Å². The highest BCUT2D eigenvalue weighted by Crippen LogP contribution is 2.26. The average molecular weight is 371 g/mol. The van der Waals surface area contributed by atoms with Crippen molar-refractivity contribution in [2.24, 2.45) is 0 Å². The summed E-state index contributed by atoms with van der Waals surface area (Å²) >= 11 is 0. The molecule has 5 heteroatoms. The molecule has 3 aromatic rings. The number of halogens is 1. The van der Waals surface area contributed by atoms with E-state index in [1.807, 2.05) is 60.8 Å². The third-order valence-electron chi connectivity index (χ3n) is 4.10. The zero-order valence-electron chi connectivity index (χ0n) is 14.9. The number of ether oxygens (including phenoxy) is 2. The Balaban J connectivity index is 0.00000243. The van der Waals surface area contributed by atoms with Crippen LogP contribution in [0.1, 0.15) is 22.9 Å². The maximum atomic E-state index is 5.48. The van der Waals surface area contributed by atoms with Crippen LogP contribution in [0.3, 0.4) is 0 Å². The molecule has 3 rings (SSSR count). The Morgan fingerprint density at radius 1 is 0.923 bits per heavy atom. The third kappa shape index (κ3) is 4.75. The van der Waals surface area contributed by atoms with E-state index >= 15 is 0 Å². The zero-order valence-corrected chi connectivity index (χ0v) is 15.7. The van der Waals surface area contributed by atoms with E-state index in [2.05, 4.69) is 22.4 Å². The summed E-state index contributed by atoms with van der Waals surface area (Å²) in [7, 11) is 3.35. The number of hydrogen-bond donors (Lipinski definition) is 1. The molecule has 0 radical (unpaired) electrons. The molecule has 0 amide bonds.